The van der Waals surface area contributed by atoms with Crippen LogP contribution in [0, 0.1) is 17.8 Å². The van der Waals surface area contributed by atoms with Crippen LogP contribution in [-0.4, -0.2) is 33.3 Å². The number of methoxy groups -OCH3 is 2. The van der Waals surface area contributed by atoms with Crippen molar-refractivity contribution in [3.8, 4) is 29.6 Å². The molecule has 0 aliphatic carbocycles. The van der Waals surface area contributed by atoms with Crippen molar-refractivity contribution in [3.63, 3.8) is 0 Å². The monoisotopic (exact) mass is 305 g/mol. The Morgan fingerprint density at radius 1 is 1.23 bits per heavy atom. The molecule has 1 aromatic carbocycles. The van der Waals surface area contributed by atoms with Gasteiger partial charge in [-0.25, -0.2) is 0 Å². The second kappa shape index (κ2) is 7.60. The van der Waals surface area contributed by atoms with Crippen molar-refractivity contribution in [1.82, 2.24) is 5.32 Å². The van der Waals surface area contributed by atoms with Gasteiger partial charge in [0.1, 0.15) is 6.61 Å². The molecule has 0 aliphatic rings. The van der Waals surface area contributed by atoms with Gasteiger partial charge >= 0.3 is 0 Å². The number of amides is 1. The fourth-order valence-electron chi connectivity index (χ4n) is 1.71. The van der Waals surface area contributed by atoms with Crippen LogP contribution in [0.2, 0.25) is 0 Å². The summed E-state index contributed by atoms with van der Waals surface area (Å²) >= 11 is 0. The van der Waals surface area contributed by atoms with Gasteiger partial charge in [-0.3, -0.25) is 4.79 Å². The molecule has 0 aliphatic heterocycles. The first-order valence-corrected chi connectivity index (χ1v) is 6.93. The smallest absolute Gasteiger partial charge is 0.251 e. The SMILES string of the molecule is C#CCOc1c(OC)cc(C(=O)NCC(C)(C)C)cc1OC. The molecule has 0 heterocycles. The zero-order valence-corrected chi connectivity index (χ0v) is 13.8. The lowest BCUT2D eigenvalue weighted by molar-refractivity contribution is 0.0938. The third-order valence-corrected chi connectivity index (χ3v) is 2.80. The van der Waals surface area contributed by atoms with Gasteiger partial charge in [0.15, 0.2) is 11.5 Å². The predicted octanol–water partition coefficient (Wildman–Crippen LogP) is 2.49. The normalized spacial score (nSPS) is 10.5. The van der Waals surface area contributed by atoms with Crippen molar-refractivity contribution in [1.29, 1.82) is 0 Å². The second-order valence-electron chi connectivity index (χ2n) is 5.95. The van der Waals surface area contributed by atoms with Crippen LogP contribution >= 0.6 is 0 Å². The highest BCUT2D eigenvalue weighted by Crippen LogP contribution is 2.38. The first kappa shape index (κ1) is 17.7. The van der Waals surface area contributed by atoms with E-state index in [1.54, 1.807) is 12.1 Å². The molecular formula is C17H23NO4. The highest BCUT2D eigenvalue weighted by Gasteiger charge is 2.19. The molecule has 22 heavy (non-hydrogen) atoms. The minimum atomic E-state index is -0.199. The minimum Gasteiger partial charge on any atom is -0.493 e. The zero-order chi connectivity index (χ0) is 16.8. The van der Waals surface area contributed by atoms with E-state index in [9.17, 15) is 4.79 Å². The molecule has 0 saturated heterocycles. The molecule has 1 N–H and O–H groups in total. The Hall–Kier alpha value is -2.35. The molecule has 0 radical (unpaired) electrons. The van der Waals surface area contributed by atoms with E-state index in [-0.39, 0.29) is 17.9 Å². The van der Waals surface area contributed by atoms with Gasteiger partial charge in [0.2, 0.25) is 5.75 Å². The van der Waals surface area contributed by atoms with Gasteiger partial charge in [-0.2, -0.15) is 0 Å². The number of carbonyl (C=O) groups is 1. The summed E-state index contributed by atoms with van der Waals surface area (Å²) in [5.74, 6) is 3.36. The molecule has 120 valence electrons. The van der Waals surface area contributed by atoms with Crippen LogP contribution in [0.4, 0.5) is 0 Å². The summed E-state index contributed by atoms with van der Waals surface area (Å²) in [6, 6.07) is 3.21. The molecular weight excluding hydrogens is 282 g/mol. The van der Waals surface area contributed by atoms with E-state index in [0.717, 1.165) is 0 Å². The second-order valence-corrected chi connectivity index (χ2v) is 5.95. The average molecular weight is 305 g/mol. The highest BCUT2D eigenvalue weighted by molar-refractivity contribution is 5.95. The molecule has 0 bridgehead atoms. The van der Waals surface area contributed by atoms with Crippen LogP contribution in [0.5, 0.6) is 17.2 Å². The lowest BCUT2D eigenvalue weighted by Gasteiger charge is -2.19. The van der Waals surface area contributed by atoms with Crippen LogP contribution in [0.1, 0.15) is 31.1 Å². The average Bonchev–Trinajstić information content (AvgIpc) is 2.48. The van der Waals surface area contributed by atoms with Gasteiger partial charge in [-0.1, -0.05) is 26.7 Å². The summed E-state index contributed by atoms with van der Waals surface area (Å²) in [5.41, 5.74) is 0.436. The van der Waals surface area contributed by atoms with Gasteiger partial charge in [0, 0.05) is 12.1 Å². The molecule has 5 heteroatoms. The van der Waals surface area contributed by atoms with E-state index >= 15 is 0 Å². The Morgan fingerprint density at radius 3 is 2.18 bits per heavy atom. The van der Waals surface area contributed by atoms with E-state index < -0.39 is 0 Å². The fourth-order valence-corrected chi connectivity index (χ4v) is 1.71. The molecule has 5 nitrogen and oxygen atoms in total. The van der Waals surface area contributed by atoms with Gasteiger partial charge in [0.05, 0.1) is 14.2 Å². The van der Waals surface area contributed by atoms with E-state index in [1.165, 1.54) is 14.2 Å². The number of rotatable bonds is 6. The summed E-state index contributed by atoms with van der Waals surface area (Å²) in [6.45, 7) is 6.79. The maximum absolute atomic E-state index is 12.3. The molecule has 0 fully saturated rings. The summed E-state index contributed by atoms with van der Waals surface area (Å²) in [4.78, 5) is 12.3. The van der Waals surface area contributed by atoms with Gasteiger partial charge in [-0.05, 0) is 17.5 Å². The third-order valence-electron chi connectivity index (χ3n) is 2.80. The van der Waals surface area contributed by atoms with Crippen LogP contribution in [-0.2, 0) is 0 Å². The molecule has 1 aromatic rings. The first-order valence-electron chi connectivity index (χ1n) is 6.93. The van der Waals surface area contributed by atoms with E-state index in [4.69, 9.17) is 20.6 Å². The largest absolute Gasteiger partial charge is 0.493 e. The summed E-state index contributed by atoms with van der Waals surface area (Å²) < 4.78 is 16.0. The quantitative estimate of drug-likeness (QED) is 0.820. The molecule has 0 atom stereocenters. The zero-order valence-electron chi connectivity index (χ0n) is 13.8. The van der Waals surface area contributed by atoms with Crippen molar-refractivity contribution in [3.05, 3.63) is 17.7 Å². The topological polar surface area (TPSA) is 56.8 Å². The number of hydrogen-bond acceptors (Lipinski definition) is 4. The Bertz CT molecular complexity index is 542. The lowest BCUT2D eigenvalue weighted by Crippen LogP contribution is -2.32. The molecule has 0 unspecified atom stereocenters. The van der Waals surface area contributed by atoms with E-state index in [2.05, 4.69) is 11.2 Å². The van der Waals surface area contributed by atoms with Crippen LogP contribution < -0.4 is 19.5 Å². The lowest BCUT2D eigenvalue weighted by atomic mass is 9.97. The molecule has 0 spiro atoms. The van der Waals surface area contributed by atoms with Crippen molar-refractivity contribution >= 4 is 5.91 Å². The number of carbonyl (C=O) groups excluding carboxylic acids is 1. The Labute approximate surface area is 131 Å². The van der Waals surface area contributed by atoms with Crippen LogP contribution in [0.25, 0.3) is 0 Å². The number of terminal acetylenes is 1. The van der Waals surface area contributed by atoms with Crippen molar-refractivity contribution in [2.45, 2.75) is 20.8 Å². The Morgan fingerprint density at radius 2 is 1.77 bits per heavy atom. The number of ether oxygens (including phenoxy) is 3. The van der Waals surface area contributed by atoms with Crippen molar-refractivity contribution < 1.29 is 19.0 Å². The van der Waals surface area contributed by atoms with E-state index in [1.807, 2.05) is 20.8 Å². The number of hydrogen-bond donors (Lipinski definition) is 1. The summed E-state index contributed by atoms with van der Waals surface area (Å²) in [7, 11) is 2.99. The van der Waals surface area contributed by atoms with Crippen molar-refractivity contribution in [2.24, 2.45) is 5.41 Å². The number of nitrogens with one attached hydrogen (secondary N) is 1. The highest BCUT2D eigenvalue weighted by atomic mass is 16.5. The summed E-state index contributed by atoms with van der Waals surface area (Å²) in [6.07, 6.45) is 5.20. The minimum absolute atomic E-state index is 0.000318. The first-order chi connectivity index (χ1) is 10.3. The Balaban J connectivity index is 3.07. The molecule has 1 amide bonds. The molecule has 1 rings (SSSR count). The van der Waals surface area contributed by atoms with Gasteiger partial charge in [-0.15, -0.1) is 6.42 Å². The standard InChI is InChI=1S/C17H23NO4/c1-7-8-22-15-13(20-5)9-12(10-14(15)21-6)16(19)18-11-17(2,3)4/h1,9-10H,8,11H2,2-6H3,(H,18,19). The number of benzene rings is 1. The van der Waals surface area contributed by atoms with Gasteiger partial charge in [0.25, 0.3) is 5.91 Å². The maximum atomic E-state index is 12.3. The fraction of sp³-hybridized carbons (Fsp3) is 0.471. The molecule has 0 aromatic heterocycles. The van der Waals surface area contributed by atoms with Crippen molar-refractivity contribution in [2.75, 3.05) is 27.4 Å². The molecule has 0 saturated carbocycles. The van der Waals surface area contributed by atoms with E-state index in [0.29, 0.717) is 29.4 Å². The van der Waals surface area contributed by atoms with Gasteiger partial charge < -0.3 is 19.5 Å². The maximum Gasteiger partial charge on any atom is 0.251 e. The third kappa shape index (κ3) is 4.88. The Kier molecular flexibility index (Phi) is 6.11. The summed E-state index contributed by atoms with van der Waals surface area (Å²) in [5, 5.41) is 2.88. The van der Waals surface area contributed by atoms with Crippen LogP contribution in [0.3, 0.4) is 0 Å². The van der Waals surface area contributed by atoms with Crippen LogP contribution in [0.15, 0.2) is 12.1 Å². The predicted molar refractivity (Wildman–Crippen MR) is 85.7 cm³/mol.